The normalized spacial score (nSPS) is 16.1. The molecule has 37 heavy (non-hydrogen) atoms. The number of carbonyl (C=O) groups excluding carboxylic acids is 2. The number of anilines is 1. The Labute approximate surface area is 216 Å². The first-order valence-corrected chi connectivity index (χ1v) is 13.4. The van der Waals surface area contributed by atoms with Crippen LogP contribution >= 0.6 is 0 Å². The topological polar surface area (TPSA) is 96.0 Å². The number of allylic oxidation sites excluding steroid dienone is 2. The highest BCUT2D eigenvalue weighted by Crippen LogP contribution is 2.32. The van der Waals surface area contributed by atoms with Crippen molar-refractivity contribution >= 4 is 27.3 Å². The van der Waals surface area contributed by atoms with Crippen LogP contribution in [0.2, 0.25) is 0 Å². The van der Waals surface area contributed by atoms with Crippen molar-refractivity contribution in [3.8, 4) is 5.75 Å². The molecule has 1 heterocycles. The zero-order valence-corrected chi connectivity index (χ0v) is 21.4. The number of benzene rings is 3. The van der Waals surface area contributed by atoms with Gasteiger partial charge in [0.05, 0.1) is 17.7 Å². The highest BCUT2D eigenvalue weighted by molar-refractivity contribution is 7.89. The van der Waals surface area contributed by atoms with Gasteiger partial charge in [-0.05, 0) is 31.2 Å². The van der Waals surface area contributed by atoms with Crippen molar-refractivity contribution < 1.29 is 22.7 Å². The third-order valence-corrected chi connectivity index (χ3v) is 8.05. The van der Waals surface area contributed by atoms with Crippen LogP contribution < -0.4 is 14.4 Å². The molecule has 3 aromatic carbocycles. The smallest absolute Gasteiger partial charge is 0.262 e. The number of rotatable bonds is 6. The Morgan fingerprint density at radius 2 is 1.32 bits per heavy atom. The van der Waals surface area contributed by atoms with Crippen LogP contribution in [-0.4, -0.2) is 58.2 Å². The van der Waals surface area contributed by atoms with Crippen molar-refractivity contribution in [2.45, 2.75) is 11.8 Å². The van der Waals surface area contributed by atoms with Gasteiger partial charge in [0.25, 0.3) is 10.0 Å². The van der Waals surface area contributed by atoms with Crippen LogP contribution in [0.4, 0.5) is 5.69 Å². The number of hydrogen-bond donors (Lipinski definition) is 1. The summed E-state index contributed by atoms with van der Waals surface area (Å²) in [4.78, 5) is 31.2. The molecule has 3 aromatic rings. The highest BCUT2D eigenvalue weighted by atomic mass is 32.2. The Kier molecular flexibility index (Phi) is 6.47. The van der Waals surface area contributed by atoms with Gasteiger partial charge in [0.2, 0.25) is 11.6 Å². The molecule has 0 spiro atoms. The molecule has 0 bridgehead atoms. The number of aryl methyl sites for hydroxylation is 1. The fourth-order valence-electron chi connectivity index (χ4n) is 4.73. The fraction of sp³-hybridized carbons (Fsp3) is 0.214. The molecule has 0 aromatic heterocycles. The molecule has 1 aliphatic carbocycles. The number of sulfonamides is 1. The van der Waals surface area contributed by atoms with Crippen molar-refractivity contribution in [1.82, 2.24) is 9.62 Å². The van der Waals surface area contributed by atoms with Gasteiger partial charge in [0, 0.05) is 37.3 Å². The predicted molar refractivity (Wildman–Crippen MR) is 140 cm³/mol. The molecular formula is C28H27N3O5S. The lowest BCUT2D eigenvalue weighted by Gasteiger charge is -2.39. The summed E-state index contributed by atoms with van der Waals surface area (Å²) in [5.41, 5.74) is 2.17. The monoisotopic (exact) mass is 517 g/mol. The zero-order chi connectivity index (χ0) is 26.2. The van der Waals surface area contributed by atoms with Gasteiger partial charge in [0.15, 0.2) is 0 Å². The number of methoxy groups -OCH3 is 1. The van der Waals surface area contributed by atoms with Crippen molar-refractivity contribution in [2.75, 3.05) is 38.2 Å². The standard InChI is InChI=1S/C28H27N3O5S/c1-19-11-13-20(14-12-19)37(34,35)29-25-26(28(33)22-8-4-3-7-21(22)27(25)32)31-17-15-30(16-18-31)23-9-5-6-10-24(23)36-2/h3-14,29H,15-18H2,1-2H3. The predicted octanol–water partition coefficient (Wildman–Crippen LogP) is 3.39. The van der Waals surface area contributed by atoms with E-state index in [4.69, 9.17) is 4.74 Å². The van der Waals surface area contributed by atoms with Crippen LogP contribution in [0.25, 0.3) is 0 Å². The Morgan fingerprint density at radius 1 is 0.757 bits per heavy atom. The summed E-state index contributed by atoms with van der Waals surface area (Å²) in [5, 5.41) is 0. The van der Waals surface area contributed by atoms with E-state index in [0.717, 1.165) is 17.0 Å². The highest BCUT2D eigenvalue weighted by Gasteiger charge is 2.38. The number of Topliss-reactive ketones (excluding diaryl/α,β-unsaturated/α-hetero) is 2. The first-order valence-electron chi connectivity index (χ1n) is 12.0. The van der Waals surface area contributed by atoms with E-state index < -0.39 is 15.8 Å². The van der Waals surface area contributed by atoms with E-state index in [1.165, 1.54) is 12.1 Å². The SMILES string of the molecule is COc1ccccc1N1CCN(C2=C(NS(=O)(=O)c3ccc(C)cc3)C(=O)c3ccccc3C2=O)CC1. The van der Waals surface area contributed by atoms with Gasteiger partial charge in [0.1, 0.15) is 17.1 Å². The third-order valence-electron chi connectivity index (χ3n) is 6.68. The van der Waals surface area contributed by atoms with E-state index in [2.05, 4.69) is 9.62 Å². The summed E-state index contributed by atoms with van der Waals surface area (Å²) in [6.07, 6.45) is 0. The van der Waals surface area contributed by atoms with Crippen LogP contribution in [0.1, 0.15) is 26.3 Å². The molecule has 190 valence electrons. The second-order valence-electron chi connectivity index (χ2n) is 8.99. The van der Waals surface area contributed by atoms with Gasteiger partial charge in [-0.25, -0.2) is 8.42 Å². The molecular weight excluding hydrogens is 490 g/mol. The molecule has 9 heteroatoms. The number of ketones is 2. The van der Waals surface area contributed by atoms with Crippen molar-refractivity contribution in [3.63, 3.8) is 0 Å². The van der Waals surface area contributed by atoms with Crippen LogP contribution in [0.3, 0.4) is 0 Å². The van der Waals surface area contributed by atoms with Gasteiger partial charge < -0.3 is 14.5 Å². The molecule has 0 saturated carbocycles. The summed E-state index contributed by atoms with van der Waals surface area (Å²) < 4.78 is 34.5. The van der Waals surface area contributed by atoms with Gasteiger partial charge in [-0.2, -0.15) is 0 Å². The average Bonchev–Trinajstić information content (AvgIpc) is 2.92. The lowest BCUT2D eigenvalue weighted by Crippen LogP contribution is -2.49. The lowest BCUT2D eigenvalue weighted by molar-refractivity contribution is 0.0935. The second-order valence-corrected chi connectivity index (χ2v) is 10.7. The Bertz CT molecular complexity index is 1500. The number of nitrogens with zero attached hydrogens (tertiary/aromatic N) is 2. The quantitative estimate of drug-likeness (QED) is 0.535. The van der Waals surface area contributed by atoms with Gasteiger partial charge in [-0.3, -0.25) is 14.3 Å². The average molecular weight is 518 g/mol. The van der Waals surface area contributed by atoms with Crippen molar-refractivity contribution in [2.24, 2.45) is 0 Å². The molecule has 0 atom stereocenters. The van der Waals surface area contributed by atoms with Crippen molar-refractivity contribution in [1.29, 1.82) is 0 Å². The van der Waals surface area contributed by atoms with E-state index >= 15 is 0 Å². The maximum absolute atomic E-state index is 13.7. The van der Waals surface area contributed by atoms with Gasteiger partial charge >= 0.3 is 0 Å². The minimum atomic E-state index is -4.10. The largest absolute Gasteiger partial charge is 0.495 e. The van der Waals surface area contributed by atoms with Gasteiger partial charge in [-0.1, -0.05) is 54.1 Å². The summed E-state index contributed by atoms with van der Waals surface area (Å²) in [7, 11) is -2.48. The maximum atomic E-state index is 13.7. The molecule has 1 fully saturated rings. The molecule has 1 saturated heterocycles. The summed E-state index contributed by atoms with van der Waals surface area (Å²) in [6.45, 7) is 3.82. The molecule has 0 amide bonds. The Morgan fingerprint density at radius 3 is 1.97 bits per heavy atom. The number of carbonyl (C=O) groups is 2. The fourth-order valence-corrected chi connectivity index (χ4v) is 5.80. The summed E-state index contributed by atoms with van der Waals surface area (Å²) >= 11 is 0. The minimum absolute atomic E-state index is 0.0186. The number of piperazine rings is 1. The third kappa shape index (κ3) is 4.58. The minimum Gasteiger partial charge on any atom is -0.495 e. The van der Waals surface area contributed by atoms with E-state index in [1.807, 2.05) is 31.2 Å². The first kappa shape index (κ1) is 24.6. The molecule has 8 nitrogen and oxygen atoms in total. The maximum Gasteiger partial charge on any atom is 0.262 e. The van der Waals surface area contributed by atoms with E-state index in [-0.39, 0.29) is 33.2 Å². The molecule has 5 rings (SSSR count). The Hall–Kier alpha value is -4.11. The second kappa shape index (κ2) is 9.74. The number of ether oxygens (including phenoxy) is 1. The lowest BCUT2D eigenvalue weighted by atomic mass is 9.89. The number of nitrogens with one attached hydrogen (secondary N) is 1. The van der Waals surface area contributed by atoms with Crippen LogP contribution in [0, 0.1) is 6.92 Å². The van der Waals surface area contributed by atoms with E-state index in [1.54, 1.807) is 48.4 Å². The zero-order valence-electron chi connectivity index (χ0n) is 20.6. The van der Waals surface area contributed by atoms with Gasteiger partial charge in [-0.15, -0.1) is 0 Å². The first-order chi connectivity index (χ1) is 17.8. The molecule has 0 unspecified atom stereocenters. The van der Waals surface area contributed by atoms with E-state index in [9.17, 15) is 18.0 Å². The number of fused-ring (bicyclic) bond motifs is 1. The molecule has 2 aliphatic rings. The molecule has 0 radical (unpaired) electrons. The van der Waals surface area contributed by atoms with Crippen LogP contribution in [-0.2, 0) is 10.0 Å². The van der Waals surface area contributed by atoms with Crippen LogP contribution in [0.5, 0.6) is 5.75 Å². The number of para-hydroxylation sites is 2. The van der Waals surface area contributed by atoms with E-state index in [0.29, 0.717) is 26.2 Å². The molecule has 1 N–H and O–H groups in total. The Balaban J connectivity index is 1.51. The van der Waals surface area contributed by atoms with Crippen LogP contribution in [0.15, 0.2) is 89.1 Å². The van der Waals surface area contributed by atoms with Crippen molar-refractivity contribution in [3.05, 3.63) is 101 Å². The number of hydrogen-bond acceptors (Lipinski definition) is 7. The summed E-state index contributed by atoms with van der Waals surface area (Å²) in [6, 6.07) is 20.5. The summed E-state index contributed by atoms with van der Waals surface area (Å²) in [5.74, 6) is -0.143. The molecule has 1 aliphatic heterocycles.